The SMILES string of the molecule is CC(C)C(=O)C1CCC(C(=O)N2CCN(CCN3CCCCC3)CC2)CC1.CC(C)C(=O)C1CCC(C(=O)N2CCN(N3CCCC3)CC2)CC1.CC1CN(C(=O)C2CCC(C(=O)C(C)C)CC2)C1.CCCN1CCN(C(=O)C2CCC(C(=O)C(C)C)CC2)CC1. The molecule has 0 radical (unpaired) electrons. The Hall–Kier alpha value is -3.64. The molecule has 0 bridgehead atoms. The molecule has 0 N–H and O–H groups in total. The van der Waals surface area contributed by atoms with Crippen molar-refractivity contribution in [3.8, 4) is 0 Å². The van der Waals surface area contributed by atoms with Gasteiger partial charge in [0.1, 0.15) is 23.1 Å². The predicted molar refractivity (Wildman–Crippen MR) is 362 cm³/mol. The molecule has 6 heterocycles. The third kappa shape index (κ3) is 22.5. The first-order chi connectivity index (χ1) is 43.6. The average Bonchev–Trinajstić information content (AvgIpc) is 1.67. The minimum Gasteiger partial charge on any atom is -0.342 e. The molecule has 0 aromatic heterocycles. The Morgan fingerprint density at radius 1 is 0.286 bits per heavy atom. The van der Waals surface area contributed by atoms with E-state index in [-0.39, 0.29) is 71.0 Å². The minimum atomic E-state index is 0.125. The summed E-state index contributed by atoms with van der Waals surface area (Å²) in [6, 6.07) is 0. The molecule has 10 rings (SSSR count). The number of carbonyl (C=O) groups is 8. The Morgan fingerprint density at radius 2 is 0.527 bits per heavy atom. The maximum atomic E-state index is 12.9. The summed E-state index contributed by atoms with van der Waals surface area (Å²) in [5.74, 6) is 5.57. The lowest BCUT2D eigenvalue weighted by Gasteiger charge is -2.41. The number of nitrogens with zero attached hydrogens (tertiary/aromatic N) is 9. The van der Waals surface area contributed by atoms with Gasteiger partial charge in [-0.25, -0.2) is 10.0 Å². The highest BCUT2D eigenvalue weighted by Gasteiger charge is 2.39. The Kier molecular flexibility index (Phi) is 30.9. The molecular formula is C74H129N9O8. The number of carbonyl (C=O) groups excluding carboxylic acids is 8. The Bertz CT molecular complexity index is 2260. The van der Waals surface area contributed by atoms with Crippen molar-refractivity contribution in [1.29, 1.82) is 0 Å². The molecule has 0 aromatic carbocycles. The van der Waals surface area contributed by atoms with Gasteiger partial charge in [0, 0.05) is 189 Å². The van der Waals surface area contributed by atoms with Crippen LogP contribution in [0.1, 0.15) is 210 Å². The van der Waals surface area contributed by atoms with Gasteiger partial charge in [-0.15, -0.1) is 0 Å². The summed E-state index contributed by atoms with van der Waals surface area (Å²) in [5, 5.41) is 4.90. The molecular weight excluding hydrogens is 1140 g/mol. The van der Waals surface area contributed by atoms with E-state index < -0.39 is 0 Å². The molecule has 10 fully saturated rings. The van der Waals surface area contributed by atoms with Crippen LogP contribution in [0.3, 0.4) is 0 Å². The van der Waals surface area contributed by atoms with Crippen LogP contribution in [0, 0.1) is 76.9 Å². The van der Waals surface area contributed by atoms with E-state index in [9.17, 15) is 38.4 Å². The third-order valence-electron chi connectivity index (χ3n) is 22.7. The summed E-state index contributed by atoms with van der Waals surface area (Å²) in [5.41, 5.74) is 0. The summed E-state index contributed by atoms with van der Waals surface area (Å²) in [6.07, 6.45) is 22.4. The molecule has 0 aromatic rings. The monoisotopic (exact) mass is 1270 g/mol. The molecule has 17 heteroatoms. The molecule has 4 aliphatic carbocycles. The van der Waals surface area contributed by atoms with Crippen LogP contribution in [0.5, 0.6) is 0 Å². The van der Waals surface area contributed by atoms with Gasteiger partial charge < -0.3 is 24.5 Å². The Labute approximate surface area is 551 Å². The Balaban J connectivity index is 0.000000174. The van der Waals surface area contributed by atoms with Crippen LogP contribution in [-0.4, -0.2) is 229 Å². The fourth-order valence-corrected chi connectivity index (χ4v) is 16.6. The number of amides is 4. The van der Waals surface area contributed by atoms with Crippen LogP contribution in [0.4, 0.5) is 0 Å². The fraction of sp³-hybridized carbons (Fsp3) is 0.892. The quantitative estimate of drug-likeness (QED) is 0.127. The maximum Gasteiger partial charge on any atom is 0.225 e. The largest absolute Gasteiger partial charge is 0.342 e. The van der Waals surface area contributed by atoms with E-state index in [4.69, 9.17) is 0 Å². The molecule has 17 nitrogen and oxygen atoms in total. The summed E-state index contributed by atoms with van der Waals surface area (Å²) < 4.78 is 0. The van der Waals surface area contributed by atoms with Crippen molar-refractivity contribution in [3.05, 3.63) is 0 Å². The van der Waals surface area contributed by atoms with Crippen molar-refractivity contribution in [2.24, 2.45) is 76.9 Å². The smallest absolute Gasteiger partial charge is 0.225 e. The van der Waals surface area contributed by atoms with E-state index in [1.54, 1.807) is 0 Å². The molecule has 0 spiro atoms. The van der Waals surface area contributed by atoms with Crippen LogP contribution in [-0.2, 0) is 38.4 Å². The fourth-order valence-electron chi connectivity index (χ4n) is 16.6. The second-order valence-electron chi connectivity index (χ2n) is 30.9. The number of Topliss-reactive ketones (excluding diaryl/α,β-unsaturated/α-hetero) is 4. The lowest BCUT2D eigenvalue weighted by Crippen LogP contribution is -2.55. The van der Waals surface area contributed by atoms with E-state index in [2.05, 4.69) is 53.3 Å². The number of hydrogen-bond acceptors (Lipinski definition) is 13. The van der Waals surface area contributed by atoms with E-state index in [1.165, 1.54) is 71.2 Å². The number of likely N-dealkylation sites (tertiary alicyclic amines) is 2. The topological polar surface area (TPSA) is 166 Å². The molecule has 0 unspecified atom stereocenters. The van der Waals surface area contributed by atoms with Crippen LogP contribution >= 0.6 is 0 Å². The Morgan fingerprint density at radius 3 is 0.813 bits per heavy atom. The number of hydrazine groups is 1. The molecule has 4 amide bonds. The zero-order valence-corrected chi connectivity index (χ0v) is 59.2. The van der Waals surface area contributed by atoms with Crippen molar-refractivity contribution < 1.29 is 38.4 Å². The maximum absolute atomic E-state index is 12.9. The van der Waals surface area contributed by atoms with Gasteiger partial charge in [0.05, 0.1) is 0 Å². The summed E-state index contributed by atoms with van der Waals surface area (Å²) in [7, 11) is 0. The summed E-state index contributed by atoms with van der Waals surface area (Å²) in [6.45, 7) is 41.7. The zero-order chi connectivity index (χ0) is 65.7. The molecule has 6 saturated heterocycles. The second-order valence-corrected chi connectivity index (χ2v) is 30.9. The summed E-state index contributed by atoms with van der Waals surface area (Å²) >= 11 is 0. The highest BCUT2D eigenvalue weighted by molar-refractivity contribution is 5.86. The minimum absolute atomic E-state index is 0.125. The lowest BCUT2D eigenvalue weighted by molar-refractivity contribution is -0.144. The molecule has 4 saturated carbocycles. The highest BCUT2D eigenvalue weighted by atomic mass is 16.2. The first kappa shape index (κ1) is 74.8. The van der Waals surface area contributed by atoms with Crippen LogP contribution < -0.4 is 0 Å². The summed E-state index contributed by atoms with van der Waals surface area (Å²) in [4.78, 5) is 115. The van der Waals surface area contributed by atoms with Crippen LogP contribution in [0.15, 0.2) is 0 Å². The van der Waals surface area contributed by atoms with Crippen molar-refractivity contribution >= 4 is 46.8 Å². The first-order valence-electron chi connectivity index (χ1n) is 37.6. The highest BCUT2D eigenvalue weighted by Crippen LogP contribution is 2.37. The lowest BCUT2D eigenvalue weighted by atomic mass is 9.77. The molecule has 0 atom stereocenters. The number of piperidine rings is 1. The van der Waals surface area contributed by atoms with E-state index >= 15 is 0 Å². The average molecular weight is 1270 g/mol. The second kappa shape index (κ2) is 37.6. The zero-order valence-electron chi connectivity index (χ0n) is 59.2. The van der Waals surface area contributed by atoms with Gasteiger partial charge in [-0.1, -0.05) is 75.7 Å². The van der Waals surface area contributed by atoms with Gasteiger partial charge in [0.15, 0.2) is 0 Å². The van der Waals surface area contributed by atoms with Crippen LogP contribution in [0.2, 0.25) is 0 Å². The van der Waals surface area contributed by atoms with Crippen molar-refractivity contribution in [3.63, 3.8) is 0 Å². The van der Waals surface area contributed by atoms with Crippen LogP contribution in [0.25, 0.3) is 0 Å². The van der Waals surface area contributed by atoms with Crippen molar-refractivity contribution in [2.45, 2.75) is 210 Å². The van der Waals surface area contributed by atoms with Gasteiger partial charge >= 0.3 is 0 Å². The molecule has 10 aliphatic rings. The molecule has 6 aliphatic heterocycles. The van der Waals surface area contributed by atoms with E-state index in [1.807, 2.05) is 60.3 Å². The standard InChI is InChI=1S/C22H39N3O2.C19H33N3O2.C18H32N2O2.C15H25NO2/c1-18(2)21(26)19-6-8-20(9-7-19)22(27)25-16-14-24(15-17-25)13-12-23-10-4-3-5-11-23;1-15(2)18(23)16-5-7-17(8-6-16)19(24)20-11-13-22(14-12-20)21-9-3-4-10-21;1-4-9-19-10-12-20(13-11-19)18(22)16-7-5-15(6-8-16)17(21)14(2)3;1-10(2)14(17)12-4-6-13(7-5-12)15(18)16-8-11(3)9-16/h18-20H,3-17H2,1-2H3;15-17H,3-14H2,1-2H3;14-16H,4-13H2,1-3H3;10-13H,4-9H2,1-3H3. The van der Waals surface area contributed by atoms with E-state index in [0.29, 0.717) is 52.7 Å². The van der Waals surface area contributed by atoms with Gasteiger partial charge in [0.2, 0.25) is 23.6 Å². The van der Waals surface area contributed by atoms with Gasteiger partial charge in [0.25, 0.3) is 0 Å². The number of piperazine rings is 3. The number of rotatable bonds is 18. The van der Waals surface area contributed by atoms with Gasteiger partial charge in [-0.05, 0) is 160 Å². The van der Waals surface area contributed by atoms with Crippen molar-refractivity contribution in [2.75, 3.05) is 137 Å². The number of ketones is 4. The first-order valence-corrected chi connectivity index (χ1v) is 37.6. The molecule has 518 valence electrons. The van der Waals surface area contributed by atoms with E-state index in [0.717, 1.165) is 207 Å². The predicted octanol–water partition coefficient (Wildman–Crippen LogP) is 9.89. The normalized spacial score (nSPS) is 28.7. The number of hydrogen-bond donors (Lipinski definition) is 0. The molecule has 91 heavy (non-hydrogen) atoms. The van der Waals surface area contributed by atoms with Gasteiger partial charge in [-0.2, -0.15) is 0 Å². The third-order valence-corrected chi connectivity index (χ3v) is 22.7. The van der Waals surface area contributed by atoms with Gasteiger partial charge in [-0.3, -0.25) is 48.2 Å². The van der Waals surface area contributed by atoms with Crippen molar-refractivity contribution in [1.82, 2.24) is 44.3 Å².